The number of aromatic nitrogens is 3. The lowest BCUT2D eigenvalue weighted by Gasteiger charge is -2.70. The summed E-state index contributed by atoms with van der Waals surface area (Å²) in [5, 5.41) is 10.5. The number of nitrogens with zero attached hydrogens (tertiary/aromatic N) is 3. The van der Waals surface area contributed by atoms with Crippen molar-refractivity contribution in [2.75, 3.05) is 0 Å². The molecule has 9 heteroatoms. The molecule has 0 radical (unpaired) electrons. The predicted octanol–water partition coefficient (Wildman–Crippen LogP) is 7.36. The Bertz CT molecular complexity index is 1830. The highest BCUT2D eigenvalue weighted by Crippen LogP contribution is 2.76. The molecular weight excluding hydrogens is 643 g/mol. The van der Waals surface area contributed by atoms with Crippen LogP contribution in [0.25, 0.3) is 5.69 Å². The predicted molar refractivity (Wildman–Crippen MR) is 199 cm³/mol. The molecule has 1 N–H and O–H groups in total. The standard InChI is InChI=1S/C41H61N3O5Si/c1-26(15-14-21-37(5,6)47)28-18-19-30-38(28,7)22-20-31-39(8)33-32(48-33)29(49-50(9,10)36(2,3)4)25-40(39)23-24-41(30,31)44-35(46)42(34(45)43(40)44)27-16-12-11-13-17-27/h11-13,16-17,23-24,26,28-33,47H,14-15,18-22,25H2,1-10H3/t26-,28-,29-,30?,31?,32-,33-,38-,39+,40-,41+/m1/s1. The van der Waals surface area contributed by atoms with Crippen LogP contribution in [0.4, 0.5) is 0 Å². The minimum Gasteiger partial charge on any atom is -0.411 e. The average Bonchev–Trinajstić information content (AvgIpc) is 3.69. The zero-order valence-corrected chi connectivity index (χ0v) is 33.2. The van der Waals surface area contributed by atoms with Gasteiger partial charge in [-0.25, -0.2) is 23.5 Å². The molecule has 274 valence electrons. The Morgan fingerprint density at radius 3 is 2.32 bits per heavy atom. The molecule has 2 aromatic rings. The van der Waals surface area contributed by atoms with Gasteiger partial charge >= 0.3 is 11.4 Å². The maximum Gasteiger partial charge on any atom is 0.352 e. The van der Waals surface area contributed by atoms with Crippen LogP contribution in [0.1, 0.15) is 107 Å². The first kappa shape index (κ1) is 34.9. The first-order valence-corrected chi connectivity index (χ1v) is 22.4. The number of epoxide rings is 1. The van der Waals surface area contributed by atoms with E-state index in [9.17, 15) is 5.11 Å². The number of rotatable bonds is 8. The molecule has 0 amide bonds. The number of aliphatic hydroxyl groups is 1. The van der Waals surface area contributed by atoms with Gasteiger partial charge in [-0.1, -0.05) is 84.7 Å². The van der Waals surface area contributed by atoms with E-state index in [2.05, 4.69) is 66.8 Å². The molecule has 2 spiro atoms. The first-order valence-electron chi connectivity index (χ1n) is 19.5. The van der Waals surface area contributed by atoms with Crippen molar-refractivity contribution in [3.8, 4) is 5.69 Å². The van der Waals surface area contributed by atoms with Gasteiger partial charge in [0.15, 0.2) is 8.32 Å². The molecule has 3 saturated carbocycles. The molecule has 3 aliphatic heterocycles. The van der Waals surface area contributed by atoms with Crippen molar-refractivity contribution in [3.63, 3.8) is 0 Å². The summed E-state index contributed by atoms with van der Waals surface area (Å²) in [6.07, 6.45) is 12.4. The summed E-state index contributed by atoms with van der Waals surface area (Å²) in [4.78, 5) is 30.2. The molecule has 50 heavy (non-hydrogen) atoms. The van der Waals surface area contributed by atoms with Crippen LogP contribution >= 0.6 is 0 Å². The van der Waals surface area contributed by atoms with Crippen LogP contribution in [0.15, 0.2) is 52.1 Å². The van der Waals surface area contributed by atoms with Crippen molar-refractivity contribution in [3.05, 3.63) is 63.5 Å². The summed E-state index contributed by atoms with van der Waals surface area (Å²) in [7, 11) is -2.17. The highest BCUT2D eigenvalue weighted by molar-refractivity contribution is 6.74. The highest BCUT2D eigenvalue weighted by Gasteiger charge is 2.81. The molecule has 7 aliphatic rings. The van der Waals surface area contributed by atoms with E-state index < -0.39 is 25.0 Å². The number of hydrogen-bond acceptors (Lipinski definition) is 5. The van der Waals surface area contributed by atoms with Crippen molar-refractivity contribution in [2.24, 2.45) is 34.5 Å². The third-order valence-corrected chi connectivity index (χ3v) is 20.4. The van der Waals surface area contributed by atoms with Crippen molar-refractivity contribution in [1.82, 2.24) is 13.9 Å². The van der Waals surface area contributed by atoms with Gasteiger partial charge in [0.2, 0.25) is 0 Å². The van der Waals surface area contributed by atoms with Crippen LogP contribution in [-0.2, 0) is 20.2 Å². The van der Waals surface area contributed by atoms with Gasteiger partial charge < -0.3 is 14.3 Å². The third kappa shape index (κ3) is 4.38. The molecule has 8 nitrogen and oxygen atoms in total. The van der Waals surface area contributed by atoms with Crippen molar-refractivity contribution >= 4 is 8.32 Å². The van der Waals surface area contributed by atoms with Crippen molar-refractivity contribution in [1.29, 1.82) is 0 Å². The van der Waals surface area contributed by atoms with E-state index in [1.165, 1.54) is 4.57 Å². The molecule has 1 saturated heterocycles. The number of hydrogen-bond donors (Lipinski definition) is 1. The molecule has 11 atom stereocenters. The summed E-state index contributed by atoms with van der Waals surface area (Å²) in [5.74, 6) is 1.41. The van der Waals surface area contributed by atoms with E-state index in [1.54, 1.807) is 0 Å². The molecule has 9 rings (SSSR count). The number of para-hydroxylation sites is 1. The van der Waals surface area contributed by atoms with E-state index in [1.807, 2.05) is 53.5 Å². The molecule has 1 aromatic carbocycles. The van der Waals surface area contributed by atoms with E-state index >= 15 is 9.59 Å². The number of benzene rings is 1. The van der Waals surface area contributed by atoms with E-state index in [0.29, 0.717) is 23.9 Å². The normalized spacial score (nSPS) is 40.5. The van der Waals surface area contributed by atoms with Crippen molar-refractivity contribution in [2.45, 2.75) is 160 Å². The summed E-state index contributed by atoms with van der Waals surface area (Å²) in [5.41, 5.74) is -2.20. The van der Waals surface area contributed by atoms with Crippen LogP contribution in [0.5, 0.6) is 0 Å². The van der Waals surface area contributed by atoms with Gasteiger partial charge in [0, 0.05) is 11.8 Å². The van der Waals surface area contributed by atoms with Gasteiger partial charge in [0.25, 0.3) is 0 Å². The van der Waals surface area contributed by atoms with Gasteiger partial charge in [-0.2, -0.15) is 0 Å². The second-order valence-electron chi connectivity index (χ2n) is 19.9. The van der Waals surface area contributed by atoms with Gasteiger partial charge in [0.1, 0.15) is 6.10 Å². The summed E-state index contributed by atoms with van der Waals surface area (Å²) in [6.45, 7) is 22.6. The van der Waals surface area contributed by atoms with E-state index in [4.69, 9.17) is 9.16 Å². The number of allylic oxidation sites excluding steroid dienone is 2. The Kier molecular flexibility index (Phi) is 7.46. The Labute approximate surface area is 299 Å². The second kappa shape index (κ2) is 10.7. The van der Waals surface area contributed by atoms with Gasteiger partial charge in [-0.05, 0) is 105 Å². The quantitative estimate of drug-likeness (QED) is 0.176. The molecular formula is C41H61N3O5Si. The Hall–Kier alpha value is -2.20. The molecule has 4 heterocycles. The molecule has 4 fully saturated rings. The second-order valence-corrected chi connectivity index (χ2v) is 24.7. The minimum absolute atomic E-state index is 0.0112. The maximum atomic E-state index is 15.1. The number of ether oxygens (including phenoxy) is 1. The smallest absolute Gasteiger partial charge is 0.352 e. The average molecular weight is 704 g/mol. The number of fused-ring (bicyclic) bond motifs is 2. The lowest BCUT2D eigenvalue weighted by Crippen LogP contribution is -2.78. The zero-order chi connectivity index (χ0) is 36.0. The maximum absolute atomic E-state index is 15.1. The fourth-order valence-corrected chi connectivity index (χ4v) is 13.8. The Balaban J connectivity index is 1.29. The lowest BCUT2D eigenvalue weighted by molar-refractivity contribution is -0.194. The van der Waals surface area contributed by atoms with Gasteiger partial charge in [0.05, 0.1) is 34.6 Å². The van der Waals surface area contributed by atoms with E-state index in [0.717, 1.165) is 44.9 Å². The molecule has 2 unspecified atom stereocenters. The largest absolute Gasteiger partial charge is 0.411 e. The van der Waals surface area contributed by atoms with Crippen LogP contribution in [0, 0.1) is 34.5 Å². The van der Waals surface area contributed by atoms with Gasteiger partial charge in [-0.15, -0.1) is 0 Å². The first-order chi connectivity index (χ1) is 23.2. The fourth-order valence-electron chi connectivity index (χ4n) is 12.5. The fraction of sp³-hybridized carbons (Fsp3) is 0.756. The Morgan fingerprint density at radius 2 is 1.66 bits per heavy atom. The van der Waals surface area contributed by atoms with E-state index in [-0.39, 0.29) is 57.4 Å². The molecule has 2 bridgehead atoms. The lowest BCUT2D eigenvalue weighted by atomic mass is 9.40. The van der Waals surface area contributed by atoms with Gasteiger partial charge in [-0.3, -0.25) is 0 Å². The topological polar surface area (TPSA) is 90.9 Å². The highest BCUT2D eigenvalue weighted by atomic mass is 28.4. The SMILES string of the molecule is C[C@H](CCCC(C)(C)O)[C@H]1CCC2[C@@]34C=C[C@]5(C[C@@H](O[Si](C)(C)C(C)(C)C)[C@H]6O[C@H]6[C@]5(C)C3CC[C@@]21C)n1c(=O)n(-c2ccccc2)c(=O)n14. The Morgan fingerprint density at radius 1 is 0.980 bits per heavy atom. The van der Waals surface area contributed by atoms with Crippen LogP contribution in [-0.4, -0.2) is 51.3 Å². The summed E-state index contributed by atoms with van der Waals surface area (Å²) >= 11 is 0. The summed E-state index contributed by atoms with van der Waals surface area (Å²) < 4.78 is 19.3. The van der Waals surface area contributed by atoms with Crippen LogP contribution < -0.4 is 11.4 Å². The summed E-state index contributed by atoms with van der Waals surface area (Å²) in [6, 6.07) is 9.51. The third-order valence-electron chi connectivity index (χ3n) is 15.9. The molecule has 1 aromatic heterocycles. The molecule has 4 aliphatic carbocycles. The van der Waals surface area contributed by atoms with Crippen LogP contribution in [0.2, 0.25) is 18.1 Å². The zero-order valence-electron chi connectivity index (χ0n) is 32.2. The monoisotopic (exact) mass is 703 g/mol. The minimum atomic E-state index is -2.17. The van der Waals surface area contributed by atoms with Crippen LogP contribution in [0.3, 0.4) is 0 Å². The van der Waals surface area contributed by atoms with Crippen molar-refractivity contribution < 1.29 is 14.3 Å².